The van der Waals surface area contributed by atoms with Crippen LogP contribution in [0.25, 0.3) is 11.1 Å². The maximum atomic E-state index is 12.3. The number of hydrogen-bond acceptors (Lipinski definition) is 4. The summed E-state index contributed by atoms with van der Waals surface area (Å²) in [6, 6.07) is 14.5. The Balaban J connectivity index is 1.72. The molecule has 3 aromatic rings. The smallest absolute Gasteiger partial charge is 0.241 e. The molecule has 3 rings (SSSR count). The van der Waals surface area contributed by atoms with E-state index in [1.165, 1.54) is 0 Å². The first kappa shape index (κ1) is 17.2. The van der Waals surface area contributed by atoms with Crippen LogP contribution in [0, 0.1) is 0 Å². The van der Waals surface area contributed by atoms with Crippen molar-refractivity contribution in [3.8, 4) is 0 Å². The number of amides is 1. The van der Waals surface area contributed by atoms with Crippen LogP contribution in [0.5, 0.6) is 0 Å². The zero-order chi connectivity index (χ0) is 18.0. The van der Waals surface area contributed by atoms with Crippen LogP contribution in [0.2, 0.25) is 0 Å². The van der Waals surface area contributed by atoms with Gasteiger partial charge in [0.15, 0.2) is 5.58 Å². The van der Waals surface area contributed by atoms with E-state index >= 15 is 0 Å². The molecule has 25 heavy (non-hydrogen) atoms. The summed E-state index contributed by atoms with van der Waals surface area (Å²) in [6.45, 7) is 6.13. The Hall–Kier alpha value is -2.66. The Morgan fingerprint density at radius 2 is 1.92 bits per heavy atom. The van der Waals surface area contributed by atoms with Crippen molar-refractivity contribution in [3.05, 3.63) is 60.0 Å². The fourth-order valence-electron chi connectivity index (χ4n) is 2.52. The number of nitrogens with two attached hydrogens (primary N) is 1. The van der Waals surface area contributed by atoms with E-state index in [0.29, 0.717) is 23.6 Å². The molecule has 1 heterocycles. The molecule has 0 radical (unpaired) electrons. The van der Waals surface area contributed by atoms with E-state index in [4.69, 9.17) is 10.2 Å². The predicted molar refractivity (Wildman–Crippen MR) is 99.5 cm³/mol. The van der Waals surface area contributed by atoms with Gasteiger partial charge in [0.1, 0.15) is 5.52 Å². The highest BCUT2D eigenvalue weighted by atomic mass is 16.3. The molecule has 130 valence electrons. The van der Waals surface area contributed by atoms with Crippen molar-refractivity contribution in [1.29, 1.82) is 0 Å². The molecule has 1 aromatic heterocycles. The molecule has 2 aromatic carbocycles. The van der Waals surface area contributed by atoms with Gasteiger partial charge in [0.25, 0.3) is 0 Å². The van der Waals surface area contributed by atoms with Gasteiger partial charge in [-0.05, 0) is 30.2 Å². The number of nitrogens with zero attached hydrogens (tertiary/aromatic N) is 1. The van der Waals surface area contributed by atoms with E-state index in [9.17, 15) is 4.79 Å². The summed E-state index contributed by atoms with van der Waals surface area (Å²) >= 11 is 0. The van der Waals surface area contributed by atoms with Gasteiger partial charge in [-0.2, -0.15) is 0 Å². The second-order valence-electron chi connectivity index (χ2n) is 7.24. The van der Waals surface area contributed by atoms with E-state index in [1.807, 2.05) is 57.2 Å². The second kappa shape index (κ2) is 6.69. The van der Waals surface area contributed by atoms with Crippen LogP contribution in [0.15, 0.2) is 52.9 Å². The van der Waals surface area contributed by atoms with E-state index in [1.54, 1.807) is 12.1 Å². The third-order valence-corrected chi connectivity index (χ3v) is 3.93. The van der Waals surface area contributed by atoms with Gasteiger partial charge >= 0.3 is 0 Å². The monoisotopic (exact) mass is 337 g/mol. The highest BCUT2D eigenvalue weighted by Gasteiger charge is 2.21. The van der Waals surface area contributed by atoms with Gasteiger partial charge in [-0.25, -0.2) is 4.98 Å². The van der Waals surface area contributed by atoms with Crippen LogP contribution in [-0.4, -0.2) is 16.9 Å². The van der Waals surface area contributed by atoms with Crippen molar-refractivity contribution >= 4 is 22.7 Å². The summed E-state index contributed by atoms with van der Waals surface area (Å²) in [6.07, 6.45) is 0.493. The molecule has 1 amide bonds. The number of carbonyl (C=O) groups is 1. The lowest BCUT2D eigenvalue weighted by molar-refractivity contribution is -0.117. The molecule has 0 saturated carbocycles. The lowest BCUT2D eigenvalue weighted by Gasteiger charge is -2.12. The Kier molecular flexibility index (Phi) is 4.59. The van der Waals surface area contributed by atoms with E-state index in [-0.39, 0.29) is 11.3 Å². The average Bonchev–Trinajstić information content (AvgIpc) is 2.99. The summed E-state index contributed by atoms with van der Waals surface area (Å²) in [5.74, 6) is 0.453. The maximum absolute atomic E-state index is 12.3. The largest absolute Gasteiger partial charge is 0.440 e. The molecular formula is C20H23N3O2. The highest BCUT2D eigenvalue weighted by Crippen LogP contribution is 2.27. The first-order chi connectivity index (χ1) is 11.8. The minimum absolute atomic E-state index is 0.166. The molecule has 0 aliphatic carbocycles. The number of fused-ring (bicyclic) bond motifs is 1. The number of rotatable bonds is 4. The molecule has 5 heteroatoms. The molecular weight excluding hydrogens is 314 g/mol. The van der Waals surface area contributed by atoms with Crippen LogP contribution in [0.4, 0.5) is 5.69 Å². The number of hydrogen-bond donors (Lipinski definition) is 2. The number of anilines is 1. The quantitative estimate of drug-likeness (QED) is 0.761. The number of benzene rings is 2. The van der Waals surface area contributed by atoms with Crippen molar-refractivity contribution in [1.82, 2.24) is 4.98 Å². The zero-order valence-corrected chi connectivity index (χ0v) is 14.7. The predicted octanol–water partition coefficient (Wildman–Crippen LogP) is 3.63. The third-order valence-electron chi connectivity index (χ3n) is 3.93. The molecule has 0 spiro atoms. The zero-order valence-electron chi connectivity index (χ0n) is 14.7. The van der Waals surface area contributed by atoms with E-state index < -0.39 is 6.04 Å². The first-order valence-electron chi connectivity index (χ1n) is 8.34. The molecule has 1 unspecified atom stereocenters. The summed E-state index contributed by atoms with van der Waals surface area (Å²) in [5.41, 5.74) is 8.98. The van der Waals surface area contributed by atoms with E-state index in [0.717, 1.165) is 11.1 Å². The van der Waals surface area contributed by atoms with Crippen LogP contribution in [0.3, 0.4) is 0 Å². The molecule has 0 saturated heterocycles. The van der Waals surface area contributed by atoms with Gasteiger partial charge in [-0.3, -0.25) is 4.79 Å². The summed E-state index contributed by atoms with van der Waals surface area (Å²) in [7, 11) is 0. The number of oxazole rings is 1. The number of aromatic nitrogens is 1. The van der Waals surface area contributed by atoms with Gasteiger partial charge in [-0.1, -0.05) is 51.1 Å². The molecule has 0 aliphatic rings. The topological polar surface area (TPSA) is 81.2 Å². The second-order valence-corrected chi connectivity index (χ2v) is 7.24. The lowest BCUT2D eigenvalue weighted by atomic mass is 9.97. The molecule has 0 fully saturated rings. The van der Waals surface area contributed by atoms with Gasteiger partial charge in [0.05, 0.1) is 6.04 Å². The van der Waals surface area contributed by atoms with Crippen LogP contribution in [-0.2, 0) is 16.6 Å². The fourth-order valence-corrected chi connectivity index (χ4v) is 2.52. The van der Waals surface area contributed by atoms with Crippen LogP contribution < -0.4 is 11.1 Å². The maximum Gasteiger partial charge on any atom is 0.241 e. The van der Waals surface area contributed by atoms with Crippen molar-refractivity contribution in [2.45, 2.75) is 38.6 Å². The SMILES string of the molecule is CC(C)(C)c1nc2cc(NC(=O)C(N)Cc3ccccc3)ccc2o1. The third kappa shape index (κ3) is 4.06. The van der Waals surface area contributed by atoms with Gasteiger partial charge in [-0.15, -0.1) is 0 Å². The number of carbonyl (C=O) groups excluding carboxylic acids is 1. The minimum Gasteiger partial charge on any atom is -0.440 e. The van der Waals surface area contributed by atoms with Gasteiger partial charge in [0.2, 0.25) is 11.8 Å². The van der Waals surface area contributed by atoms with Gasteiger partial charge in [0, 0.05) is 11.1 Å². The fraction of sp³-hybridized carbons (Fsp3) is 0.300. The minimum atomic E-state index is -0.611. The number of nitrogens with one attached hydrogen (secondary N) is 1. The van der Waals surface area contributed by atoms with Crippen molar-refractivity contribution in [2.24, 2.45) is 5.73 Å². The lowest BCUT2D eigenvalue weighted by Crippen LogP contribution is -2.37. The van der Waals surface area contributed by atoms with Crippen molar-refractivity contribution < 1.29 is 9.21 Å². The van der Waals surface area contributed by atoms with E-state index in [2.05, 4.69) is 10.3 Å². The Labute approximate surface area is 147 Å². The molecule has 0 bridgehead atoms. The first-order valence-corrected chi connectivity index (χ1v) is 8.34. The summed E-state index contributed by atoms with van der Waals surface area (Å²) < 4.78 is 5.77. The van der Waals surface area contributed by atoms with Gasteiger partial charge < -0.3 is 15.5 Å². The Bertz CT molecular complexity index is 879. The average molecular weight is 337 g/mol. The summed E-state index contributed by atoms with van der Waals surface area (Å²) in [4.78, 5) is 16.9. The highest BCUT2D eigenvalue weighted by molar-refractivity contribution is 5.96. The summed E-state index contributed by atoms with van der Waals surface area (Å²) in [5, 5.41) is 2.86. The van der Waals surface area contributed by atoms with Crippen molar-refractivity contribution in [2.75, 3.05) is 5.32 Å². The molecule has 0 aliphatic heterocycles. The Morgan fingerprint density at radius 1 is 1.20 bits per heavy atom. The Morgan fingerprint density at radius 3 is 2.60 bits per heavy atom. The molecule has 5 nitrogen and oxygen atoms in total. The van der Waals surface area contributed by atoms with Crippen LogP contribution >= 0.6 is 0 Å². The molecule has 1 atom stereocenters. The van der Waals surface area contributed by atoms with Crippen LogP contribution in [0.1, 0.15) is 32.2 Å². The molecule has 3 N–H and O–H groups in total. The standard InChI is InChI=1S/C20H23N3O2/c1-20(2,3)19-23-16-12-14(9-10-17(16)25-19)22-18(24)15(21)11-13-7-5-4-6-8-13/h4-10,12,15H,11,21H2,1-3H3,(H,22,24). The normalized spacial score (nSPS) is 13.0. The van der Waals surface area contributed by atoms with Crippen molar-refractivity contribution in [3.63, 3.8) is 0 Å².